The fourth-order valence-electron chi connectivity index (χ4n) is 1.58. The van der Waals surface area contributed by atoms with Crippen molar-refractivity contribution < 1.29 is 0 Å². The predicted molar refractivity (Wildman–Crippen MR) is 61.7 cm³/mol. The number of nitrogens with one attached hydrogen (secondary N) is 1. The number of nitrogens with zero attached hydrogens (tertiary/aromatic N) is 1. The van der Waals surface area contributed by atoms with Crippen LogP contribution in [0.3, 0.4) is 0 Å². The zero-order valence-corrected chi connectivity index (χ0v) is 10.3. The number of halogens is 1. The minimum atomic E-state index is 0.617. The summed E-state index contributed by atoms with van der Waals surface area (Å²) in [6.07, 6.45) is 2.70. The van der Waals surface area contributed by atoms with Gasteiger partial charge in [0.1, 0.15) is 0 Å². The van der Waals surface area contributed by atoms with Crippen molar-refractivity contribution in [3.8, 4) is 0 Å². The van der Waals surface area contributed by atoms with Gasteiger partial charge in [-0.1, -0.05) is 36.4 Å². The van der Waals surface area contributed by atoms with E-state index in [9.17, 15) is 0 Å². The maximum Gasteiger partial charge on any atom is 0.0619 e. The lowest BCUT2D eigenvalue weighted by molar-refractivity contribution is 0.287. The van der Waals surface area contributed by atoms with Crippen molar-refractivity contribution in [1.82, 2.24) is 10.2 Å². The zero-order chi connectivity index (χ0) is 9.14. The molecule has 0 bridgehead atoms. The minimum absolute atomic E-state index is 0.617. The van der Waals surface area contributed by atoms with Crippen molar-refractivity contribution in [3.05, 3.63) is 0 Å². The lowest BCUT2D eigenvalue weighted by Gasteiger charge is -2.23. The van der Waals surface area contributed by atoms with E-state index in [0.717, 1.165) is 16.6 Å². The minimum Gasteiger partial charge on any atom is -0.313 e. The van der Waals surface area contributed by atoms with Gasteiger partial charge in [0, 0.05) is 18.6 Å². The third-order valence-electron chi connectivity index (χ3n) is 2.52. The third-order valence-corrected chi connectivity index (χ3v) is 4.02. The van der Waals surface area contributed by atoms with Crippen molar-refractivity contribution in [3.63, 3.8) is 0 Å². The number of hydrogen-bond donors (Lipinski definition) is 1. The maximum atomic E-state index is 3.49. The molecule has 1 N–H and O–H groups in total. The average Bonchev–Trinajstić information content (AvgIpc) is 2.30. The van der Waals surface area contributed by atoms with Crippen molar-refractivity contribution in [2.24, 2.45) is 0 Å². The highest BCUT2D eigenvalue weighted by molar-refractivity contribution is 14.1. The summed E-state index contributed by atoms with van der Waals surface area (Å²) in [5.41, 5.74) is 0. The second kappa shape index (κ2) is 4.77. The van der Waals surface area contributed by atoms with Crippen LogP contribution in [0.2, 0.25) is 0 Å². The summed E-state index contributed by atoms with van der Waals surface area (Å²) in [5, 5.41) is 3.49. The summed E-state index contributed by atoms with van der Waals surface area (Å²) in [7, 11) is 2.23. The molecule has 1 saturated heterocycles. The second-order valence-corrected chi connectivity index (χ2v) is 5.33. The molecule has 0 aliphatic carbocycles. The Bertz CT molecular complexity index is 138. The Hall–Kier alpha value is 0.650. The van der Waals surface area contributed by atoms with Gasteiger partial charge in [0.2, 0.25) is 0 Å². The van der Waals surface area contributed by atoms with Crippen molar-refractivity contribution in [1.29, 1.82) is 0 Å². The molecule has 0 aromatic carbocycles. The molecule has 0 unspecified atom stereocenters. The van der Waals surface area contributed by atoms with E-state index in [4.69, 9.17) is 0 Å². The van der Waals surface area contributed by atoms with E-state index in [0.29, 0.717) is 6.04 Å². The Morgan fingerprint density at radius 2 is 2.17 bits per heavy atom. The smallest absolute Gasteiger partial charge is 0.0619 e. The standard InChI is InChI=1S/C9H19IN2/c1-7(2)11-6-8-4-5-9(10)12(8)3/h7-9,11H,4-6H2,1-3H3/t8-,9+/m0/s1. The molecule has 1 aliphatic rings. The van der Waals surface area contributed by atoms with Gasteiger partial charge in [0.25, 0.3) is 0 Å². The number of hydrogen-bond acceptors (Lipinski definition) is 2. The molecule has 72 valence electrons. The fourth-order valence-corrected chi connectivity index (χ4v) is 2.40. The van der Waals surface area contributed by atoms with Crippen LogP contribution in [-0.4, -0.2) is 34.6 Å². The summed E-state index contributed by atoms with van der Waals surface area (Å²) < 4.78 is 0.751. The van der Waals surface area contributed by atoms with Gasteiger partial charge in [-0.2, -0.15) is 0 Å². The molecule has 3 heteroatoms. The molecule has 0 radical (unpaired) electrons. The summed E-state index contributed by atoms with van der Waals surface area (Å²) in [4.78, 5) is 2.48. The summed E-state index contributed by atoms with van der Waals surface area (Å²) >= 11 is 2.53. The van der Waals surface area contributed by atoms with Crippen LogP contribution < -0.4 is 5.32 Å². The van der Waals surface area contributed by atoms with Crippen LogP contribution in [0.15, 0.2) is 0 Å². The molecule has 0 saturated carbocycles. The Morgan fingerprint density at radius 3 is 2.58 bits per heavy atom. The van der Waals surface area contributed by atoms with Crippen LogP contribution in [0.1, 0.15) is 26.7 Å². The second-order valence-electron chi connectivity index (χ2n) is 3.89. The molecular formula is C9H19IN2. The van der Waals surface area contributed by atoms with E-state index in [1.54, 1.807) is 0 Å². The summed E-state index contributed by atoms with van der Waals surface area (Å²) in [5.74, 6) is 0. The lowest BCUT2D eigenvalue weighted by Crippen LogP contribution is -2.39. The first kappa shape index (κ1) is 10.7. The van der Waals surface area contributed by atoms with E-state index in [-0.39, 0.29) is 0 Å². The van der Waals surface area contributed by atoms with E-state index in [2.05, 4.69) is 53.7 Å². The highest BCUT2D eigenvalue weighted by Gasteiger charge is 2.27. The first-order valence-electron chi connectivity index (χ1n) is 4.70. The van der Waals surface area contributed by atoms with Gasteiger partial charge in [0.15, 0.2) is 0 Å². The summed E-state index contributed by atoms with van der Waals surface area (Å²) in [6.45, 7) is 5.56. The van der Waals surface area contributed by atoms with E-state index >= 15 is 0 Å². The highest BCUT2D eigenvalue weighted by Crippen LogP contribution is 2.25. The van der Waals surface area contributed by atoms with Gasteiger partial charge in [-0.15, -0.1) is 0 Å². The highest BCUT2D eigenvalue weighted by atomic mass is 127. The van der Waals surface area contributed by atoms with E-state index in [1.165, 1.54) is 12.8 Å². The summed E-state index contributed by atoms with van der Waals surface area (Å²) in [6, 6.07) is 1.38. The number of likely N-dealkylation sites (N-methyl/N-ethyl adjacent to an activating group) is 1. The van der Waals surface area contributed by atoms with Crippen LogP contribution in [0.25, 0.3) is 0 Å². The van der Waals surface area contributed by atoms with Crippen LogP contribution in [0, 0.1) is 0 Å². The topological polar surface area (TPSA) is 15.3 Å². The van der Waals surface area contributed by atoms with Crippen LogP contribution in [0.4, 0.5) is 0 Å². The number of alkyl halides is 1. The van der Waals surface area contributed by atoms with E-state index < -0.39 is 0 Å². The first-order valence-corrected chi connectivity index (χ1v) is 5.95. The molecule has 0 aromatic rings. The Kier molecular flexibility index (Phi) is 4.26. The molecular weight excluding hydrogens is 263 g/mol. The molecule has 2 nitrogen and oxygen atoms in total. The normalized spacial score (nSPS) is 31.8. The maximum absolute atomic E-state index is 3.49. The van der Waals surface area contributed by atoms with Gasteiger partial charge >= 0.3 is 0 Å². The molecule has 1 fully saturated rings. The molecule has 12 heavy (non-hydrogen) atoms. The fraction of sp³-hybridized carbons (Fsp3) is 1.00. The molecule has 1 aliphatic heterocycles. The zero-order valence-electron chi connectivity index (χ0n) is 8.18. The van der Waals surface area contributed by atoms with Gasteiger partial charge in [-0.3, -0.25) is 4.90 Å². The Balaban J connectivity index is 2.24. The molecule has 0 amide bonds. The van der Waals surface area contributed by atoms with Crippen molar-refractivity contribution >= 4 is 22.6 Å². The van der Waals surface area contributed by atoms with Gasteiger partial charge < -0.3 is 5.32 Å². The predicted octanol–water partition coefficient (Wildman–Crippen LogP) is 1.84. The monoisotopic (exact) mass is 282 g/mol. The van der Waals surface area contributed by atoms with Crippen molar-refractivity contribution in [2.45, 2.75) is 42.8 Å². The first-order chi connectivity index (χ1) is 5.61. The average molecular weight is 282 g/mol. The quantitative estimate of drug-likeness (QED) is 0.483. The SMILES string of the molecule is CC(C)NC[C@@H]1CC[C@H](I)N1C. The molecule has 1 heterocycles. The molecule has 2 atom stereocenters. The van der Waals surface area contributed by atoms with Gasteiger partial charge in [0.05, 0.1) is 4.05 Å². The number of rotatable bonds is 3. The Labute approximate surface area is 89.2 Å². The van der Waals surface area contributed by atoms with Crippen LogP contribution in [-0.2, 0) is 0 Å². The van der Waals surface area contributed by atoms with Crippen molar-refractivity contribution in [2.75, 3.05) is 13.6 Å². The van der Waals surface area contributed by atoms with Gasteiger partial charge in [-0.05, 0) is 19.9 Å². The van der Waals surface area contributed by atoms with E-state index in [1.807, 2.05) is 0 Å². The largest absolute Gasteiger partial charge is 0.313 e. The molecule has 0 aromatic heterocycles. The molecule has 0 spiro atoms. The van der Waals surface area contributed by atoms with Gasteiger partial charge in [-0.25, -0.2) is 0 Å². The van der Waals surface area contributed by atoms with Crippen LogP contribution >= 0.6 is 22.6 Å². The lowest BCUT2D eigenvalue weighted by atomic mass is 10.2. The number of likely N-dealkylation sites (tertiary alicyclic amines) is 1. The Morgan fingerprint density at radius 1 is 1.50 bits per heavy atom. The molecule has 1 rings (SSSR count). The van der Waals surface area contributed by atoms with Crippen LogP contribution in [0.5, 0.6) is 0 Å². The third kappa shape index (κ3) is 2.85.